The first-order valence-electron chi connectivity index (χ1n) is 8.69. The van der Waals surface area contributed by atoms with Crippen LogP contribution in [0.15, 0.2) is 69.8 Å². The van der Waals surface area contributed by atoms with Gasteiger partial charge in [-0.05, 0) is 42.5 Å². The first kappa shape index (κ1) is 20.6. The maximum atomic E-state index is 13.9. The van der Waals surface area contributed by atoms with E-state index in [9.17, 15) is 14.0 Å². The summed E-state index contributed by atoms with van der Waals surface area (Å²) in [5.74, 6) is -0.771. The molecule has 2 aromatic carbocycles. The fourth-order valence-corrected chi connectivity index (χ4v) is 2.93. The Morgan fingerprint density at radius 3 is 2.69 bits per heavy atom. The zero-order valence-electron chi connectivity index (χ0n) is 15.5. The van der Waals surface area contributed by atoms with Crippen LogP contribution >= 0.6 is 15.9 Å². The number of nitrogens with one attached hydrogen (secondary N) is 1. The van der Waals surface area contributed by atoms with Crippen LogP contribution in [0.25, 0.3) is 0 Å². The number of rotatable bonds is 7. The molecule has 29 heavy (non-hydrogen) atoms. The zero-order chi connectivity index (χ0) is 20.8. The topological polar surface area (TPSA) is 71.8 Å². The van der Waals surface area contributed by atoms with E-state index >= 15 is 0 Å². The second-order valence-electron chi connectivity index (χ2n) is 6.10. The molecule has 0 spiro atoms. The first-order valence-corrected chi connectivity index (χ1v) is 9.49. The summed E-state index contributed by atoms with van der Waals surface area (Å²) in [7, 11) is 1.53. The first-order chi connectivity index (χ1) is 14.0. The van der Waals surface area contributed by atoms with Crippen LogP contribution in [-0.2, 0) is 11.3 Å². The van der Waals surface area contributed by atoms with Gasteiger partial charge >= 0.3 is 0 Å². The Hall–Kier alpha value is -3.13. The van der Waals surface area contributed by atoms with E-state index in [4.69, 9.17) is 9.15 Å². The van der Waals surface area contributed by atoms with Crippen LogP contribution in [0.1, 0.15) is 16.1 Å². The van der Waals surface area contributed by atoms with Crippen LogP contribution in [0, 0.1) is 5.82 Å². The Bertz CT molecular complexity index is 1010. The molecule has 0 fully saturated rings. The minimum atomic E-state index is -0.576. The number of hydrogen-bond acceptors (Lipinski definition) is 4. The number of likely N-dealkylation sites (N-methyl/N-ethyl adjacent to an activating group) is 1. The maximum absolute atomic E-state index is 13.9. The Kier molecular flexibility index (Phi) is 6.66. The monoisotopic (exact) mass is 460 g/mol. The van der Waals surface area contributed by atoms with Crippen molar-refractivity contribution < 1.29 is 23.1 Å². The number of anilines is 1. The molecular weight excluding hydrogens is 443 g/mol. The van der Waals surface area contributed by atoms with E-state index in [0.717, 1.165) is 0 Å². The molecule has 0 aliphatic carbocycles. The van der Waals surface area contributed by atoms with Crippen LogP contribution < -0.4 is 15.0 Å². The SMILES string of the molecule is CN(C(=O)COc1ccc(Br)cc1F)c1ccccc1C(=O)NCc1ccco1. The number of amides is 2. The lowest BCUT2D eigenvalue weighted by Gasteiger charge is -2.20. The number of para-hydroxylation sites is 1. The number of furan rings is 1. The third-order valence-corrected chi connectivity index (χ3v) is 4.63. The van der Waals surface area contributed by atoms with Gasteiger partial charge in [-0.2, -0.15) is 0 Å². The highest BCUT2D eigenvalue weighted by molar-refractivity contribution is 9.10. The highest BCUT2D eigenvalue weighted by Crippen LogP contribution is 2.23. The van der Waals surface area contributed by atoms with Crippen LogP contribution in [0.2, 0.25) is 0 Å². The molecule has 3 aromatic rings. The van der Waals surface area contributed by atoms with Gasteiger partial charge in [-0.15, -0.1) is 0 Å². The molecule has 150 valence electrons. The van der Waals surface area contributed by atoms with E-state index in [1.165, 1.54) is 30.3 Å². The molecule has 1 heterocycles. The lowest BCUT2D eigenvalue weighted by atomic mass is 10.1. The van der Waals surface area contributed by atoms with Gasteiger partial charge in [0, 0.05) is 11.5 Å². The summed E-state index contributed by atoms with van der Waals surface area (Å²) in [4.78, 5) is 26.4. The lowest BCUT2D eigenvalue weighted by Crippen LogP contribution is -2.33. The van der Waals surface area contributed by atoms with Crippen molar-refractivity contribution in [2.75, 3.05) is 18.6 Å². The van der Waals surface area contributed by atoms with E-state index in [2.05, 4.69) is 21.2 Å². The predicted molar refractivity (Wildman–Crippen MR) is 109 cm³/mol. The molecule has 0 unspecified atom stereocenters. The molecule has 2 amide bonds. The molecule has 0 saturated carbocycles. The molecule has 3 rings (SSSR count). The highest BCUT2D eigenvalue weighted by atomic mass is 79.9. The molecule has 1 N–H and O–H groups in total. The summed E-state index contributed by atoms with van der Waals surface area (Å²) < 4.78 is 24.9. The van der Waals surface area contributed by atoms with Crippen molar-refractivity contribution in [3.8, 4) is 5.75 Å². The predicted octanol–water partition coefficient (Wildman–Crippen LogP) is 4.15. The number of nitrogens with zero attached hydrogens (tertiary/aromatic N) is 1. The molecule has 0 aliphatic heterocycles. The molecule has 0 aliphatic rings. The normalized spacial score (nSPS) is 10.4. The largest absolute Gasteiger partial charge is 0.481 e. The highest BCUT2D eigenvalue weighted by Gasteiger charge is 2.19. The fraction of sp³-hybridized carbons (Fsp3) is 0.143. The average Bonchev–Trinajstić information content (AvgIpc) is 3.24. The number of hydrogen-bond donors (Lipinski definition) is 1. The molecule has 0 saturated heterocycles. The molecular formula is C21H18BrFN2O4. The third kappa shape index (κ3) is 5.23. The van der Waals surface area contributed by atoms with Crippen molar-refractivity contribution in [3.63, 3.8) is 0 Å². The second-order valence-corrected chi connectivity index (χ2v) is 7.01. The maximum Gasteiger partial charge on any atom is 0.264 e. The van der Waals surface area contributed by atoms with Crippen LogP contribution in [0.3, 0.4) is 0 Å². The summed E-state index contributed by atoms with van der Waals surface area (Å²) in [5.41, 5.74) is 0.735. The van der Waals surface area contributed by atoms with E-state index < -0.39 is 11.7 Å². The van der Waals surface area contributed by atoms with Crippen molar-refractivity contribution in [1.29, 1.82) is 0 Å². The van der Waals surface area contributed by atoms with Crippen LogP contribution in [0.4, 0.5) is 10.1 Å². The summed E-state index contributed by atoms with van der Waals surface area (Å²) in [6.07, 6.45) is 1.52. The van der Waals surface area contributed by atoms with E-state index in [-0.39, 0.29) is 24.8 Å². The number of benzene rings is 2. The summed E-state index contributed by atoms with van der Waals surface area (Å²) in [6.45, 7) is -0.152. The second kappa shape index (κ2) is 9.38. The van der Waals surface area contributed by atoms with E-state index in [1.54, 1.807) is 42.5 Å². The quantitative estimate of drug-likeness (QED) is 0.574. The van der Waals surface area contributed by atoms with Crippen molar-refractivity contribution >= 4 is 33.4 Å². The molecule has 0 radical (unpaired) electrons. The molecule has 6 nitrogen and oxygen atoms in total. The number of ether oxygens (including phenoxy) is 1. The molecule has 0 atom stereocenters. The minimum Gasteiger partial charge on any atom is -0.481 e. The molecule has 0 bridgehead atoms. The Balaban J connectivity index is 1.67. The van der Waals surface area contributed by atoms with Gasteiger partial charge in [0.05, 0.1) is 24.1 Å². The Morgan fingerprint density at radius 1 is 1.17 bits per heavy atom. The van der Waals surface area contributed by atoms with Gasteiger partial charge < -0.3 is 19.4 Å². The van der Waals surface area contributed by atoms with Gasteiger partial charge in [-0.3, -0.25) is 9.59 Å². The van der Waals surface area contributed by atoms with Gasteiger partial charge in [-0.1, -0.05) is 28.1 Å². The molecule has 1 aromatic heterocycles. The molecule has 8 heteroatoms. The number of carbonyl (C=O) groups is 2. The minimum absolute atomic E-state index is 0.0283. The van der Waals surface area contributed by atoms with Crippen LogP contribution in [-0.4, -0.2) is 25.5 Å². The van der Waals surface area contributed by atoms with Crippen molar-refractivity contribution in [3.05, 3.63) is 82.5 Å². The van der Waals surface area contributed by atoms with E-state index in [0.29, 0.717) is 21.5 Å². The van der Waals surface area contributed by atoms with Crippen molar-refractivity contribution in [2.45, 2.75) is 6.54 Å². The number of carbonyl (C=O) groups excluding carboxylic acids is 2. The van der Waals surface area contributed by atoms with Gasteiger partial charge in [0.15, 0.2) is 18.2 Å². The standard InChI is InChI=1S/C21H18BrFN2O4/c1-25(20(26)13-29-19-9-8-14(22)11-17(19)23)18-7-3-2-6-16(18)21(27)24-12-15-5-4-10-28-15/h2-11H,12-13H2,1H3,(H,24,27). The van der Waals surface area contributed by atoms with Crippen molar-refractivity contribution in [2.24, 2.45) is 0 Å². The van der Waals surface area contributed by atoms with Gasteiger partial charge in [-0.25, -0.2) is 4.39 Å². The Morgan fingerprint density at radius 2 is 1.97 bits per heavy atom. The Labute approximate surface area is 175 Å². The van der Waals surface area contributed by atoms with Crippen LogP contribution in [0.5, 0.6) is 5.75 Å². The number of halogens is 2. The van der Waals surface area contributed by atoms with Gasteiger partial charge in [0.2, 0.25) is 0 Å². The lowest BCUT2D eigenvalue weighted by molar-refractivity contribution is -0.120. The third-order valence-electron chi connectivity index (χ3n) is 4.13. The summed E-state index contributed by atoms with van der Waals surface area (Å²) >= 11 is 3.16. The summed E-state index contributed by atoms with van der Waals surface area (Å²) in [5, 5.41) is 2.75. The summed E-state index contributed by atoms with van der Waals surface area (Å²) in [6, 6.07) is 14.5. The smallest absolute Gasteiger partial charge is 0.264 e. The van der Waals surface area contributed by atoms with E-state index in [1.807, 2.05) is 0 Å². The van der Waals surface area contributed by atoms with Crippen molar-refractivity contribution in [1.82, 2.24) is 5.32 Å². The fourth-order valence-electron chi connectivity index (χ4n) is 2.60. The average molecular weight is 461 g/mol. The van der Waals surface area contributed by atoms with Gasteiger partial charge in [0.1, 0.15) is 5.76 Å². The van der Waals surface area contributed by atoms with Gasteiger partial charge in [0.25, 0.3) is 11.8 Å². The zero-order valence-corrected chi connectivity index (χ0v) is 17.1.